The van der Waals surface area contributed by atoms with Crippen LogP contribution in [0.4, 0.5) is 11.5 Å². The zero-order valence-electron chi connectivity index (χ0n) is 14.7. The number of aryl methyl sites for hydroxylation is 2. The summed E-state index contributed by atoms with van der Waals surface area (Å²) < 4.78 is 55.4. The van der Waals surface area contributed by atoms with Gasteiger partial charge in [-0.3, -0.25) is 9.44 Å². The number of anilines is 2. The van der Waals surface area contributed by atoms with Crippen LogP contribution in [0.1, 0.15) is 11.5 Å². The molecular formula is C16H15BrN4O4S3. The van der Waals surface area contributed by atoms with Gasteiger partial charge in [-0.05, 0) is 66.2 Å². The Morgan fingerprint density at radius 3 is 2.14 bits per heavy atom. The number of rotatable bonds is 6. The zero-order valence-corrected chi connectivity index (χ0v) is 18.7. The summed E-state index contributed by atoms with van der Waals surface area (Å²) in [6.07, 6.45) is 0. The summed E-state index contributed by atoms with van der Waals surface area (Å²) >= 11 is 4.29. The van der Waals surface area contributed by atoms with E-state index in [0.29, 0.717) is 15.3 Å². The fraction of sp³-hybridized carbons (Fsp3) is 0.125. The number of nitrogens with zero attached hydrogens (tertiary/aromatic N) is 2. The van der Waals surface area contributed by atoms with Crippen molar-refractivity contribution in [2.45, 2.75) is 23.0 Å². The monoisotopic (exact) mass is 502 g/mol. The van der Waals surface area contributed by atoms with Gasteiger partial charge < -0.3 is 0 Å². The summed E-state index contributed by atoms with van der Waals surface area (Å²) in [5.74, 6) is 0.612. The smallest absolute Gasteiger partial charge is 0.271 e. The van der Waals surface area contributed by atoms with Crippen LogP contribution in [0.2, 0.25) is 0 Å². The van der Waals surface area contributed by atoms with Crippen molar-refractivity contribution in [2.24, 2.45) is 0 Å². The third kappa shape index (κ3) is 4.87. The van der Waals surface area contributed by atoms with Gasteiger partial charge in [0, 0.05) is 17.4 Å². The van der Waals surface area contributed by atoms with Crippen molar-refractivity contribution in [3.05, 3.63) is 57.8 Å². The van der Waals surface area contributed by atoms with Crippen LogP contribution >= 0.6 is 27.3 Å². The third-order valence-corrected chi connectivity index (χ3v) is 8.30. The fourth-order valence-corrected chi connectivity index (χ4v) is 6.38. The number of hydrogen-bond acceptors (Lipinski definition) is 7. The van der Waals surface area contributed by atoms with E-state index >= 15 is 0 Å². The minimum atomic E-state index is -3.88. The molecule has 2 heterocycles. The first kappa shape index (κ1) is 20.7. The van der Waals surface area contributed by atoms with Crippen LogP contribution in [0.25, 0.3) is 0 Å². The Bertz CT molecular complexity index is 1200. The molecule has 0 bridgehead atoms. The van der Waals surface area contributed by atoms with E-state index in [2.05, 4.69) is 35.3 Å². The van der Waals surface area contributed by atoms with Crippen LogP contribution in [-0.4, -0.2) is 26.8 Å². The molecule has 0 atom stereocenters. The Morgan fingerprint density at radius 2 is 1.57 bits per heavy atom. The van der Waals surface area contributed by atoms with Crippen molar-refractivity contribution in [3.8, 4) is 0 Å². The van der Waals surface area contributed by atoms with Crippen LogP contribution in [0.5, 0.6) is 0 Å². The Kier molecular flexibility index (Phi) is 5.75. The average Bonchev–Trinajstić information content (AvgIpc) is 3.01. The second kappa shape index (κ2) is 7.78. The van der Waals surface area contributed by atoms with Crippen LogP contribution in [0, 0.1) is 13.8 Å². The molecule has 0 radical (unpaired) electrons. The third-order valence-electron chi connectivity index (χ3n) is 3.44. The van der Waals surface area contributed by atoms with Crippen LogP contribution in [0.3, 0.4) is 0 Å². The van der Waals surface area contributed by atoms with Crippen molar-refractivity contribution >= 4 is 58.8 Å². The van der Waals surface area contributed by atoms with Crippen molar-refractivity contribution < 1.29 is 16.8 Å². The topological polar surface area (TPSA) is 118 Å². The predicted molar refractivity (Wildman–Crippen MR) is 112 cm³/mol. The molecule has 0 amide bonds. The highest BCUT2D eigenvalue weighted by Crippen LogP contribution is 2.28. The number of benzene rings is 1. The van der Waals surface area contributed by atoms with E-state index in [1.165, 1.54) is 36.4 Å². The molecule has 3 rings (SSSR count). The van der Waals surface area contributed by atoms with Gasteiger partial charge in [0.25, 0.3) is 20.0 Å². The summed E-state index contributed by atoms with van der Waals surface area (Å²) in [4.78, 5) is 8.12. The standard InChI is InChI=1S/C16H15BrN4O4S3/c1-10-9-15(19-11(2)18-10)21-27(22,23)13-5-3-12(4-6-13)20-28(24,25)16-8-7-14(17)26-16/h3-9,20H,1-2H3,(H,18,19,21). The van der Waals surface area contributed by atoms with Crippen molar-refractivity contribution in [2.75, 3.05) is 9.44 Å². The molecular weight excluding hydrogens is 488 g/mol. The number of nitrogens with one attached hydrogen (secondary N) is 2. The summed E-state index contributed by atoms with van der Waals surface area (Å²) in [5, 5.41) is 0. The largest absolute Gasteiger partial charge is 0.279 e. The van der Waals surface area contributed by atoms with Crippen molar-refractivity contribution in [3.63, 3.8) is 0 Å². The first-order valence-electron chi connectivity index (χ1n) is 7.78. The number of halogens is 1. The molecule has 0 saturated carbocycles. The molecule has 3 aromatic rings. The second-order valence-electron chi connectivity index (χ2n) is 5.74. The molecule has 0 aliphatic carbocycles. The molecule has 0 spiro atoms. The summed E-state index contributed by atoms with van der Waals surface area (Å²) in [6.45, 7) is 3.40. The van der Waals surface area contributed by atoms with Crippen LogP contribution < -0.4 is 9.44 Å². The molecule has 0 saturated heterocycles. The molecule has 148 valence electrons. The molecule has 2 aromatic heterocycles. The van der Waals surface area contributed by atoms with E-state index in [4.69, 9.17) is 0 Å². The normalized spacial score (nSPS) is 12.0. The molecule has 12 heteroatoms. The second-order valence-corrected chi connectivity index (χ2v) is 11.8. The highest BCUT2D eigenvalue weighted by molar-refractivity contribution is 9.11. The SMILES string of the molecule is Cc1cc(NS(=O)(=O)c2ccc(NS(=O)(=O)c3ccc(Br)s3)cc2)nc(C)n1. The lowest BCUT2D eigenvalue weighted by atomic mass is 10.3. The maximum Gasteiger partial charge on any atom is 0.271 e. The van der Waals surface area contributed by atoms with Crippen LogP contribution in [-0.2, 0) is 20.0 Å². The zero-order chi connectivity index (χ0) is 20.5. The maximum absolute atomic E-state index is 12.5. The minimum Gasteiger partial charge on any atom is -0.279 e. The highest BCUT2D eigenvalue weighted by atomic mass is 79.9. The van der Waals surface area contributed by atoms with Crippen molar-refractivity contribution in [1.29, 1.82) is 0 Å². The average molecular weight is 503 g/mol. The molecule has 2 N–H and O–H groups in total. The van der Waals surface area contributed by atoms with Gasteiger partial charge >= 0.3 is 0 Å². The van der Waals surface area contributed by atoms with E-state index in [1.807, 2.05) is 0 Å². The minimum absolute atomic E-state index is 0.0248. The van der Waals surface area contributed by atoms with Gasteiger partial charge in [-0.15, -0.1) is 11.3 Å². The molecule has 0 aliphatic heterocycles. The van der Waals surface area contributed by atoms with Crippen LogP contribution in [0.15, 0.2) is 55.4 Å². The maximum atomic E-state index is 12.5. The Morgan fingerprint density at radius 1 is 0.893 bits per heavy atom. The van der Waals surface area contributed by atoms with Gasteiger partial charge in [0.15, 0.2) is 0 Å². The quantitative estimate of drug-likeness (QED) is 0.532. The van der Waals surface area contributed by atoms with Gasteiger partial charge in [0.2, 0.25) is 0 Å². The van der Waals surface area contributed by atoms with Gasteiger partial charge in [-0.1, -0.05) is 0 Å². The Balaban J connectivity index is 1.79. The van der Waals surface area contributed by atoms with Crippen molar-refractivity contribution in [1.82, 2.24) is 9.97 Å². The molecule has 1 aromatic carbocycles. The molecule has 0 unspecified atom stereocenters. The summed E-state index contributed by atoms with van der Waals surface area (Å²) in [6, 6.07) is 10.0. The predicted octanol–water partition coefficient (Wildman–Crippen LogP) is 3.52. The van der Waals surface area contributed by atoms with Gasteiger partial charge in [-0.25, -0.2) is 26.8 Å². The fourth-order valence-electron chi connectivity index (χ4n) is 2.32. The van der Waals surface area contributed by atoms with E-state index in [-0.39, 0.29) is 20.6 Å². The van der Waals surface area contributed by atoms with E-state index in [0.717, 1.165) is 11.3 Å². The van der Waals surface area contributed by atoms with Gasteiger partial charge in [0.1, 0.15) is 15.9 Å². The van der Waals surface area contributed by atoms with E-state index < -0.39 is 20.0 Å². The number of aromatic nitrogens is 2. The molecule has 8 nitrogen and oxygen atoms in total. The lowest BCUT2D eigenvalue weighted by Gasteiger charge is -2.10. The highest BCUT2D eigenvalue weighted by Gasteiger charge is 2.19. The number of hydrogen-bond donors (Lipinski definition) is 2. The molecule has 0 fully saturated rings. The van der Waals surface area contributed by atoms with Gasteiger partial charge in [-0.2, -0.15) is 0 Å². The first-order valence-corrected chi connectivity index (χ1v) is 12.4. The number of sulfonamides is 2. The first-order chi connectivity index (χ1) is 13.0. The van der Waals surface area contributed by atoms with E-state index in [9.17, 15) is 16.8 Å². The number of thiophene rings is 1. The van der Waals surface area contributed by atoms with Gasteiger partial charge in [0.05, 0.1) is 8.68 Å². The molecule has 0 aliphatic rings. The molecule has 28 heavy (non-hydrogen) atoms. The Labute approximate surface area is 175 Å². The lowest BCUT2D eigenvalue weighted by Crippen LogP contribution is -2.15. The lowest BCUT2D eigenvalue weighted by molar-refractivity contribution is 0.600. The summed E-state index contributed by atoms with van der Waals surface area (Å²) in [5.41, 5.74) is 0.882. The Hall–Kier alpha value is -2.02. The summed E-state index contributed by atoms with van der Waals surface area (Å²) in [7, 11) is -7.62. The van der Waals surface area contributed by atoms with E-state index in [1.54, 1.807) is 19.9 Å².